The molecule has 0 radical (unpaired) electrons. The van der Waals surface area contributed by atoms with Crippen LogP contribution in [-0.2, 0) is 0 Å². The van der Waals surface area contributed by atoms with E-state index in [1.54, 1.807) is 0 Å². The fourth-order valence-electron chi connectivity index (χ4n) is 1.78. The number of rotatable bonds is 4. The van der Waals surface area contributed by atoms with Crippen LogP contribution >= 0.6 is 15.9 Å². The number of hydrogen-bond acceptors (Lipinski definition) is 1. The Kier molecular flexibility index (Phi) is 5.05. The van der Waals surface area contributed by atoms with E-state index >= 15 is 0 Å². The zero-order chi connectivity index (χ0) is 12.1. The number of halogens is 1. The van der Waals surface area contributed by atoms with E-state index in [1.807, 2.05) is 0 Å². The monoisotopic (exact) mass is 279 g/mol. The molecule has 16 heavy (non-hydrogen) atoms. The van der Waals surface area contributed by atoms with Crippen molar-refractivity contribution in [2.75, 3.05) is 0 Å². The van der Waals surface area contributed by atoms with Crippen LogP contribution in [0, 0.1) is 26.2 Å². The molecule has 0 aliphatic carbocycles. The van der Waals surface area contributed by atoms with Crippen molar-refractivity contribution < 1.29 is 0 Å². The topological polar surface area (TPSA) is 26.0 Å². The molecule has 1 atom stereocenters. The fourth-order valence-corrected chi connectivity index (χ4v) is 2.01. The highest BCUT2D eigenvalue weighted by Gasteiger charge is 2.08. The van der Waals surface area contributed by atoms with E-state index in [0.29, 0.717) is 0 Å². The van der Waals surface area contributed by atoms with E-state index < -0.39 is 0 Å². The van der Waals surface area contributed by atoms with Crippen LogP contribution in [0.25, 0.3) is 0 Å². The Bertz CT molecular complexity index is 381. The van der Waals surface area contributed by atoms with Crippen molar-refractivity contribution in [2.24, 2.45) is 5.73 Å². The van der Waals surface area contributed by atoms with Gasteiger partial charge in [-0.1, -0.05) is 28.1 Å². The van der Waals surface area contributed by atoms with Gasteiger partial charge in [-0.3, -0.25) is 0 Å². The summed E-state index contributed by atoms with van der Waals surface area (Å²) in [4.78, 5) is 0. The molecule has 1 aromatic carbocycles. The molecule has 0 fully saturated rings. The Morgan fingerprint density at radius 3 is 2.44 bits per heavy atom. The Hall–Kier alpha value is -0.780. The summed E-state index contributed by atoms with van der Waals surface area (Å²) in [5, 5.41) is 0. The van der Waals surface area contributed by atoms with E-state index in [4.69, 9.17) is 12.2 Å². The second kappa shape index (κ2) is 6.08. The molecule has 0 heterocycles. The molecule has 0 aromatic heterocycles. The summed E-state index contributed by atoms with van der Waals surface area (Å²) in [6.07, 6.45) is 7.97. The first-order valence-electron chi connectivity index (χ1n) is 5.52. The van der Waals surface area contributed by atoms with Crippen molar-refractivity contribution in [3.05, 3.63) is 33.3 Å². The molecule has 0 amide bonds. The van der Waals surface area contributed by atoms with Crippen molar-refractivity contribution >= 4 is 15.9 Å². The Labute approximate surface area is 107 Å². The van der Waals surface area contributed by atoms with Gasteiger partial charge in [-0.25, -0.2) is 0 Å². The van der Waals surface area contributed by atoms with Crippen LogP contribution in [0.5, 0.6) is 0 Å². The van der Waals surface area contributed by atoms with Gasteiger partial charge in [0.25, 0.3) is 0 Å². The van der Waals surface area contributed by atoms with E-state index in [9.17, 15) is 0 Å². The first kappa shape index (κ1) is 13.3. The van der Waals surface area contributed by atoms with E-state index in [2.05, 4.69) is 47.8 Å². The van der Waals surface area contributed by atoms with Crippen LogP contribution in [0.1, 0.15) is 42.0 Å². The van der Waals surface area contributed by atoms with Gasteiger partial charge in [0.15, 0.2) is 0 Å². The van der Waals surface area contributed by atoms with Crippen LogP contribution in [-0.4, -0.2) is 0 Å². The molecule has 2 heteroatoms. The highest BCUT2D eigenvalue weighted by atomic mass is 79.9. The predicted octanol–water partition coefficient (Wildman–Crippen LogP) is 3.87. The lowest BCUT2D eigenvalue weighted by Gasteiger charge is -2.14. The lowest BCUT2D eigenvalue weighted by molar-refractivity contribution is 0.620. The quantitative estimate of drug-likeness (QED) is 0.657. The summed E-state index contributed by atoms with van der Waals surface area (Å²) in [6, 6.07) is 4.40. The van der Waals surface area contributed by atoms with Gasteiger partial charge in [-0.2, -0.15) is 0 Å². The SMILES string of the molecule is C#CCCCC(N)c1cc(C)c(Br)c(C)c1. The van der Waals surface area contributed by atoms with Crippen molar-refractivity contribution in [3.63, 3.8) is 0 Å². The van der Waals surface area contributed by atoms with Gasteiger partial charge < -0.3 is 5.73 Å². The molecule has 1 aromatic rings. The smallest absolute Gasteiger partial charge is 0.0295 e. The van der Waals surface area contributed by atoms with E-state index in [-0.39, 0.29) is 6.04 Å². The first-order valence-corrected chi connectivity index (χ1v) is 6.31. The first-order chi connectivity index (χ1) is 7.56. The number of hydrogen-bond donors (Lipinski definition) is 1. The normalized spacial score (nSPS) is 12.2. The number of nitrogens with two attached hydrogens (primary N) is 1. The van der Waals surface area contributed by atoms with Gasteiger partial charge in [0.05, 0.1) is 0 Å². The lowest BCUT2D eigenvalue weighted by atomic mass is 9.98. The zero-order valence-electron chi connectivity index (χ0n) is 9.89. The van der Waals surface area contributed by atoms with Crippen molar-refractivity contribution in [1.29, 1.82) is 0 Å². The maximum absolute atomic E-state index is 6.14. The van der Waals surface area contributed by atoms with Crippen LogP contribution in [0.3, 0.4) is 0 Å². The Morgan fingerprint density at radius 1 is 1.38 bits per heavy atom. The highest BCUT2D eigenvalue weighted by molar-refractivity contribution is 9.10. The fraction of sp³-hybridized carbons (Fsp3) is 0.429. The van der Waals surface area contributed by atoms with E-state index in [0.717, 1.165) is 19.3 Å². The van der Waals surface area contributed by atoms with Gasteiger partial charge in [-0.15, -0.1) is 12.3 Å². The highest BCUT2D eigenvalue weighted by Crippen LogP contribution is 2.26. The summed E-state index contributed by atoms with van der Waals surface area (Å²) in [5.41, 5.74) is 9.82. The largest absolute Gasteiger partial charge is 0.324 e. The number of unbranched alkanes of at least 4 members (excludes halogenated alkanes) is 1. The van der Waals surface area contributed by atoms with Gasteiger partial charge >= 0.3 is 0 Å². The van der Waals surface area contributed by atoms with E-state index in [1.165, 1.54) is 21.2 Å². The standard InChI is InChI=1S/C14H18BrN/c1-4-5-6-7-13(16)12-8-10(2)14(15)11(3)9-12/h1,8-9,13H,5-7,16H2,2-3H3. The molecule has 0 bridgehead atoms. The Balaban J connectivity index is 2.77. The summed E-state index contributed by atoms with van der Waals surface area (Å²) in [6.45, 7) is 4.18. The summed E-state index contributed by atoms with van der Waals surface area (Å²) in [7, 11) is 0. The molecule has 1 rings (SSSR count). The molecule has 1 nitrogen and oxygen atoms in total. The average Bonchev–Trinajstić information content (AvgIpc) is 2.25. The van der Waals surface area contributed by atoms with Gasteiger partial charge in [0, 0.05) is 16.9 Å². The van der Waals surface area contributed by atoms with Crippen LogP contribution < -0.4 is 5.73 Å². The minimum absolute atomic E-state index is 0.0962. The summed E-state index contributed by atoms with van der Waals surface area (Å²) in [5.74, 6) is 2.64. The number of benzene rings is 1. The van der Waals surface area contributed by atoms with Crippen molar-refractivity contribution in [1.82, 2.24) is 0 Å². The molecule has 86 valence electrons. The lowest BCUT2D eigenvalue weighted by Crippen LogP contribution is -2.10. The molecule has 0 spiro atoms. The van der Waals surface area contributed by atoms with Crippen molar-refractivity contribution in [2.45, 2.75) is 39.2 Å². The molecular weight excluding hydrogens is 262 g/mol. The second-order valence-corrected chi connectivity index (χ2v) is 4.96. The average molecular weight is 280 g/mol. The van der Waals surface area contributed by atoms with Gasteiger partial charge in [0.1, 0.15) is 0 Å². The minimum Gasteiger partial charge on any atom is -0.324 e. The molecular formula is C14H18BrN. The minimum atomic E-state index is 0.0962. The number of terminal acetylenes is 1. The van der Waals surface area contributed by atoms with Crippen LogP contribution in [0.4, 0.5) is 0 Å². The van der Waals surface area contributed by atoms with Crippen LogP contribution in [0.2, 0.25) is 0 Å². The molecule has 0 aliphatic heterocycles. The zero-order valence-corrected chi connectivity index (χ0v) is 11.5. The summed E-state index contributed by atoms with van der Waals surface area (Å²) < 4.78 is 1.17. The van der Waals surface area contributed by atoms with Gasteiger partial charge in [-0.05, 0) is 43.4 Å². The third-order valence-corrected chi connectivity index (χ3v) is 3.97. The molecule has 1 unspecified atom stereocenters. The predicted molar refractivity (Wildman–Crippen MR) is 73.2 cm³/mol. The number of aryl methyl sites for hydroxylation is 2. The van der Waals surface area contributed by atoms with Crippen LogP contribution in [0.15, 0.2) is 16.6 Å². The molecule has 0 saturated carbocycles. The maximum atomic E-state index is 6.14. The second-order valence-electron chi connectivity index (χ2n) is 4.17. The molecule has 0 aliphatic rings. The van der Waals surface area contributed by atoms with Crippen molar-refractivity contribution in [3.8, 4) is 12.3 Å². The molecule has 2 N–H and O–H groups in total. The third kappa shape index (κ3) is 3.37. The van der Waals surface area contributed by atoms with Gasteiger partial charge in [0.2, 0.25) is 0 Å². The molecule has 0 saturated heterocycles. The Morgan fingerprint density at radius 2 is 1.94 bits per heavy atom. The maximum Gasteiger partial charge on any atom is 0.0295 e. The summed E-state index contributed by atoms with van der Waals surface area (Å²) >= 11 is 3.56. The third-order valence-electron chi connectivity index (χ3n) is 2.72.